The highest BCUT2D eigenvalue weighted by atomic mass is 35.5. The molecule has 4 fully saturated rings. The van der Waals surface area contributed by atoms with Crippen LogP contribution in [0.25, 0.3) is 0 Å². The van der Waals surface area contributed by atoms with Crippen LogP contribution in [0.3, 0.4) is 0 Å². The van der Waals surface area contributed by atoms with Gasteiger partial charge in [-0.3, -0.25) is 13.8 Å². The molecule has 4 atom stereocenters. The van der Waals surface area contributed by atoms with Gasteiger partial charge in [0.25, 0.3) is 21.9 Å². The fraction of sp³-hybridized carbons (Fsp3) is 0.462. The summed E-state index contributed by atoms with van der Waals surface area (Å²) < 4.78 is 29.8. The molecule has 6 aliphatic rings. The maximum atomic E-state index is 12.3. The smallest absolute Gasteiger partial charge is 0.296 e. The van der Waals surface area contributed by atoms with Gasteiger partial charge in [0.2, 0.25) is 11.9 Å². The maximum absolute atomic E-state index is 12.3. The van der Waals surface area contributed by atoms with Crippen LogP contribution in [0.1, 0.15) is 101 Å². The van der Waals surface area contributed by atoms with Gasteiger partial charge in [0.1, 0.15) is 0 Å². The molecule has 364 valence electrons. The Labute approximate surface area is 415 Å². The summed E-state index contributed by atoms with van der Waals surface area (Å²) in [6.07, 6.45) is 18.5. The molecule has 0 radical (unpaired) electrons. The Hall–Kier alpha value is -5.35. The number of aromatic nitrogens is 4. The summed E-state index contributed by atoms with van der Waals surface area (Å²) in [4.78, 5) is 44.7. The van der Waals surface area contributed by atoms with Crippen LogP contribution in [-0.4, -0.2) is 73.0 Å². The molecule has 2 saturated heterocycles. The van der Waals surface area contributed by atoms with Gasteiger partial charge in [-0.1, -0.05) is 53.0 Å². The van der Waals surface area contributed by atoms with Crippen molar-refractivity contribution < 1.29 is 22.2 Å². The van der Waals surface area contributed by atoms with Crippen LogP contribution >= 0.6 is 23.2 Å². The van der Waals surface area contributed by atoms with Crippen LogP contribution in [0.15, 0.2) is 90.3 Å². The topological polar surface area (TPSA) is 186 Å². The zero-order valence-corrected chi connectivity index (χ0v) is 41.4. The molecule has 69 heavy (non-hydrogen) atoms. The largest absolute Gasteiger partial charge is 0.399 e. The molecule has 2 unspecified atom stereocenters. The van der Waals surface area contributed by atoms with Crippen LogP contribution < -0.4 is 26.2 Å². The van der Waals surface area contributed by atoms with E-state index in [-0.39, 0.29) is 23.3 Å². The minimum atomic E-state index is -3.66. The molecule has 11 rings (SSSR count). The lowest BCUT2D eigenvalue weighted by Gasteiger charge is -2.32. The molecule has 5 aromatic rings. The number of nitrogens with two attached hydrogens (primary N) is 1. The van der Waals surface area contributed by atoms with E-state index in [4.69, 9.17) is 33.1 Å². The van der Waals surface area contributed by atoms with E-state index in [0.717, 1.165) is 109 Å². The summed E-state index contributed by atoms with van der Waals surface area (Å²) in [5, 5.41) is 6.76. The molecule has 4 aliphatic heterocycles. The summed E-state index contributed by atoms with van der Waals surface area (Å²) in [6.45, 7) is 7.49. The highest BCUT2D eigenvalue weighted by Gasteiger charge is 2.44. The summed E-state index contributed by atoms with van der Waals surface area (Å²) in [5.41, 5.74) is 12.4. The number of nitrogens with one attached hydrogen (secondary N) is 2. The summed E-state index contributed by atoms with van der Waals surface area (Å²) >= 11 is 11.8. The number of hydrogen-bond acceptors (Lipinski definition) is 12. The van der Waals surface area contributed by atoms with E-state index in [1.807, 2.05) is 19.1 Å². The van der Waals surface area contributed by atoms with E-state index in [9.17, 15) is 18.0 Å². The van der Waals surface area contributed by atoms with E-state index < -0.39 is 10.1 Å². The van der Waals surface area contributed by atoms with Gasteiger partial charge in [0.15, 0.2) is 0 Å². The van der Waals surface area contributed by atoms with Gasteiger partial charge < -0.3 is 26.2 Å². The molecule has 14 nitrogen and oxygen atoms in total. The summed E-state index contributed by atoms with van der Waals surface area (Å²) in [6, 6.07) is 18.4. The normalized spacial score (nSPS) is 21.8. The number of hydrogen-bond donors (Lipinski definition) is 3. The number of aryl methyl sites for hydroxylation is 2. The van der Waals surface area contributed by atoms with Gasteiger partial charge in [0.05, 0.1) is 46.3 Å². The lowest BCUT2D eigenvalue weighted by Crippen LogP contribution is -2.35. The van der Waals surface area contributed by atoms with Crippen molar-refractivity contribution in [3.63, 3.8) is 0 Å². The number of halogens is 2. The predicted octanol–water partition coefficient (Wildman–Crippen LogP) is 8.85. The third-order valence-electron chi connectivity index (χ3n) is 14.8. The van der Waals surface area contributed by atoms with Crippen molar-refractivity contribution in [2.75, 3.05) is 48.3 Å². The van der Waals surface area contributed by atoms with Gasteiger partial charge in [-0.05, 0) is 160 Å². The Morgan fingerprint density at radius 2 is 1.17 bits per heavy atom. The maximum Gasteiger partial charge on any atom is 0.296 e. The van der Waals surface area contributed by atoms with Crippen molar-refractivity contribution in [3.05, 3.63) is 129 Å². The van der Waals surface area contributed by atoms with Gasteiger partial charge in [-0.15, -0.1) is 0 Å². The van der Waals surface area contributed by atoms with E-state index in [0.29, 0.717) is 46.6 Å². The molecular weight excluding hydrogens is 934 g/mol. The number of piperidine rings is 2. The Morgan fingerprint density at radius 3 is 1.71 bits per heavy atom. The lowest BCUT2D eigenvalue weighted by molar-refractivity contribution is 0.0957. The Balaban J connectivity index is 0.000000141. The van der Waals surface area contributed by atoms with Crippen LogP contribution in [0.2, 0.25) is 10.0 Å². The quantitative estimate of drug-likeness (QED) is 0.0753. The van der Waals surface area contributed by atoms with Gasteiger partial charge >= 0.3 is 0 Å². The number of nitrogens with zero attached hydrogens (tertiary/aromatic N) is 6. The van der Waals surface area contributed by atoms with E-state index in [1.165, 1.54) is 44.1 Å². The second-order valence-electron chi connectivity index (χ2n) is 19.4. The molecule has 6 heterocycles. The SMILES string of the molecule is Cc1ccc(S(=O)(=O)OCCC2C[C@@H]2C2CCN(c3ncc(Cl)cn3)CC2)cc1.Nc1ccc2c(c1)CNC2=O.O=C1NCc2cc(CCCC3C[C@@H]3C3CCN(c4ncc(Cl)cn4)CC3)ccc21. The number of amides is 2. The first-order valence-corrected chi connectivity index (χ1v) is 26.5. The molecular formula is C52H61Cl2N9O5S. The number of fused-ring (bicyclic) bond motifs is 2. The van der Waals surface area contributed by atoms with E-state index >= 15 is 0 Å². The third kappa shape index (κ3) is 12.5. The van der Waals surface area contributed by atoms with Crippen LogP contribution in [0, 0.1) is 42.4 Å². The molecule has 4 N–H and O–H groups in total. The molecule has 0 bridgehead atoms. The molecule has 17 heteroatoms. The van der Waals surface area contributed by atoms with Gasteiger partial charge in [0, 0.05) is 56.1 Å². The fourth-order valence-electron chi connectivity index (χ4n) is 10.7. The second kappa shape index (κ2) is 21.7. The average molecular weight is 995 g/mol. The molecule has 2 aliphatic carbocycles. The number of carbonyl (C=O) groups is 2. The molecule has 2 aromatic heterocycles. The first kappa shape index (κ1) is 48.7. The number of carbonyl (C=O) groups excluding carboxylic acids is 2. The number of anilines is 3. The molecule has 2 saturated carbocycles. The zero-order chi connectivity index (χ0) is 48.1. The van der Waals surface area contributed by atoms with E-state index in [2.05, 4.69) is 52.5 Å². The number of nitrogen functional groups attached to an aromatic ring is 1. The van der Waals surface area contributed by atoms with Crippen LogP contribution in [-0.2, 0) is 33.8 Å². The van der Waals surface area contributed by atoms with Crippen molar-refractivity contribution >= 4 is 62.7 Å². The molecule has 3 aromatic carbocycles. The van der Waals surface area contributed by atoms with Gasteiger partial charge in [-0.25, -0.2) is 19.9 Å². The first-order valence-electron chi connectivity index (χ1n) is 24.3. The van der Waals surface area contributed by atoms with Crippen molar-refractivity contribution in [1.82, 2.24) is 30.6 Å². The highest BCUT2D eigenvalue weighted by molar-refractivity contribution is 7.86. The van der Waals surface area contributed by atoms with Crippen LogP contribution in [0.5, 0.6) is 0 Å². The predicted molar refractivity (Wildman–Crippen MR) is 269 cm³/mol. The Kier molecular flexibility index (Phi) is 15.3. The fourth-order valence-corrected chi connectivity index (χ4v) is 11.8. The number of benzene rings is 3. The van der Waals surface area contributed by atoms with Crippen molar-refractivity contribution in [2.24, 2.45) is 35.5 Å². The summed E-state index contributed by atoms with van der Waals surface area (Å²) in [7, 11) is -3.66. The van der Waals surface area contributed by atoms with Gasteiger partial charge in [-0.2, -0.15) is 8.42 Å². The third-order valence-corrected chi connectivity index (χ3v) is 16.5. The second-order valence-corrected chi connectivity index (χ2v) is 21.9. The van der Waals surface area contributed by atoms with E-state index in [1.54, 1.807) is 61.2 Å². The zero-order valence-electron chi connectivity index (χ0n) is 39.0. The monoisotopic (exact) mass is 993 g/mol. The minimum absolute atomic E-state index is 0.000000000000000222. The standard InChI is InChI=1S/C23H27ClN4O.C21H26ClN3O3S.C8H8N2O/c24-19-13-26-23(27-14-19)28-8-6-16(7-9-28)21-11-17(21)3-1-2-15-4-5-20-18(10-15)12-25-22(20)29;1-15-2-4-19(5-3-15)29(26,27)28-11-8-17-12-20(17)16-6-9-25(10-7-16)21-23-13-18(22)14-24-21;9-6-1-2-7-5(3-6)4-10-8(7)11/h4-5,10,13-14,16-17,21H,1-3,6-9,11-12H2,(H,25,29);2-5,13-14,16-17,20H,6-12H2,1H3;1-3H,4,9H2,(H,10,11)/t17?,21-;17?,20-;/m11./s1. The lowest BCUT2D eigenvalue weighted by atomic mass is 9.90. The van der Waals surface area contributed by atoms with Crippen molar-refractivity contribution in [1.29, 1.82) is 0 Å². The highest BCUT2D eigenvalue weighted by Crippen LogP contribution is 2.51. The summed E-state index contributed by atoms with van der Waals surface area (Å²) in [5.74, 6) is 6.28. The Morgan fingerprint density at radius 1 is 0.681 bits per heavy atom. The minimum Gasteiger partial charge on any atom is -0.399 e. The van der Waals surface area contributed by atoms with Crippen LogP contribution in [0.4, 0.5) is 17.6 Å². The molecule has 2 amide bonds. The first-order chi connectivity index (χ1) is 33.4. The van der Waals surface area contributed by atoms with Crippen molar-refractivity contribution in [2.45, 2.75) is 89.1 Å². The number of rotatable bonds is 13. The molecule has 0 spiro atoms. The average Bonchev–Trinajstić information content (AvgIpc) is 4.25. The van der Waals surface area contributed by atoms with Crippen molar-refractivity contribution in [3.8, 4) is 0 Å². The Bertz CT molecular complexity index is 2700.